The van der Waals surface area contributed by atoms with Crippen LogP contribution in [0.3, 0.4) is 0 Å². The number of thiophene rings is 1. The predicted molar refractivity (Wildman–Crippen MR) is 61.6 cm³/mol. The SMILES string of the molecule is O=Cc1cn(CC(=O)NCc2cccs2)nn1. The van der Waals surface area contributed by atoms with Gasteiger partial charge < -0.3 is 5.32 Å². The molecule has 0 saturated carbocycles. The molecule has 0 aromatic carbocycles. The second-order valence-corrected chi connectivity index (χ2v) is 4.35. The fourth-order valence-corrected chi connectivity index (χ4v) is 1.89. The maximum Gasteiger partial charge on any atom is 0.242 e. The highest BCUT2D eigenvalue weighted by atomic mass is 32.1. The van der Waals surface area contributed by atoms with Gasteiger partial charge in [-0.1, -0.05) is 11.3 Å². The molecule has 7 heteroatoms. The monoisotopic (exact) mass is 250 g/mol. The first-order chi connectivity index (χ1) is 8.28. The lowest BCUT2D eigenvalue weighted by Gasteiger charge is -2.02. The molecule has 0 fully saturated rings. The average molecular weight is 250 g/mol. The molecular weight excluding hydrogens is 240 g/mol. The number of hydrogen-bond donors (Lipinski definition) is 1. The molecule has 0 spiro atoms. The molecule has 0 atom stereocenters. The molecule has 1 N–H and O–H groups in total. The fraction of sp³-hybridized carbons (Fsp3) is 0.200. The van der Waals surface area contributed by atoms with E-state index in [9.17, 15) is 9.59 Å². The summed E-state index contributed by atoms with van der Waals surface area (Å²) in [6, 6.07) is 3.88. The molecule has 0 radical (unpaired) electrons. The van der Waals surface area contributed by atoms with Crippen LogP contribution < -0.4 is 5.32 Å². The largest absolute Gasteiger partial charge is 0.350 e. The van der Waals surface area contributed by atoms with E-state index in [4.69, 9.17) is 0 Å². The molecule has 0 saturated heterocycles. The number of hydrogen-bond acceptors (Lipinski definition) is 5. The van der Waals surface area contributed by atoms with E-state index in [2.05, 4.69) is 15.6 Å². The Hall–Kier alpha value is -2.02. The van der Waals surface area contributed by atoms with E-state index in [1.807, 2.05) is 17.5 Å². The Labute approximate surface area is 101 Å². The Balaban J connectivity index is 1.82. The summed E-state index contributed by atoms with van der Waals surface area (Å²) in [5, 5.41) is 11.9. The lowest BCUT2D eigenvalue weighted by atomic mass is 10.4. The molecule has 2 heterocycles. The van der Waals surface area contributed by atoms with Gasteiger partial charge in [-0.25, -0.2) is 4.68 Å². The molecule has 6 nitrogen and oxygen atoms in total. The van der Waals surface area contributed by atoms with Gasteiger partial charge in [0.1, 0.15) is 12.2 Å². The van der Waals surface area contributed by atoms with Crippen LogP contribution in [0, 0.1) is 0 Å². The summed E-state index contributed by atoms with van der Waals surface area (Å²) in [4.78, 5) is 23.0. The van der Waals surface area contributed by atoms with Gasteiger partial charge in [-0.15, -0.1) is 16.4 Å². The van der Waals surface area contributed by atoms with Gasteiger partial charge in [-0.05, 0) is 11.4 Å². The second-order valence-electron chi connectivity index (χ2n) is 3.31. The molecular formula is C10H10N4O2S. The van der Waals surface area contributed by atoms with Gasteiger partial charge in [-0.3, -0.25) is 9.59 Å². The van der Waals surface area contributed by atoms with Gasteiger partial charge in [0.05, 0.1) is 12.7 Å². The number of amides is 1. The Morgan fingerprint density at radius 3 is 3.12 bits per heavy atom. The molecule has 0 aliphatic rings. The van der Waals surface area contributed by atoms with E-state index in [0.29, 0.717) is 12.8 Å². The van der Waals surface area contributed by atoms with Gasteiger partial charge in [0.15, 0.2) is 6.29 Å². The van der Waals surface area contributed by atoms with Crippen LogP contribution in [0.25, 0.3) is 0 Å². The first-order valence-electron chi connectivity index (χ1n) is 4.92. The maximum absolute atomic E-state index is 11.5. The van der Waals surface area contributed by atoms with E-state index < -0.39 is 0 Å². The minimum absolute atomic E-state index is 0.0617. The normalized spacial score (nSPS) is 10.1. The van der Waals surface area contributed by atoms with Crippen LogP contribution in [0.15, 0.2) is 23.7 Å². The first kappa shape index (κ1) is 11.5. The zero-order chi connectivity index (χ0) is 12.1. The molecule has 2 aromatic heterocycles. The fourth-order valence-electron chi connectivity index (χ4n) is 1.25. The van der Waals surface area contributed by atoms with Crippen molar-refractivity contribution in [1.82, 2.24) is 20.3 Å². The van der Waals surface area contributed by atoms with Crippen LogP contribution in [0.1, 0.15) is 15.4 Å². The number of nitrogens with zero attached hydrogens (tertiary/aromatic N) is 3. The maximum atomic E-state index is 11.5. The quantitative estimate of drug-likeness (QED) is 0.782. The molecule has 17 heavy (non-hydrogen) atoms. The van der Waals surface area contributed by atoms with Gasteiger partial charge in [0.2, 0.25) is 5.91 Å². The number of rotatable bonds is 5. The van der Waals surface area contributed by atoms with Gasteiger partial charge in [0.25, 0.3) is 0 Å². The third-order valence-electron chi connectivity index (χ3n) is 2.02. The highest BCUT2D eigenvalue weighted by Gasteiger charge is 2.05. The summed E-state index contributed by atoms with van der Waals surface area (Å²) in [5.74, 6) is -0.166. The van der Waals surface area contributed by atoms with Crippen molar-refractivity contribution < 1.29 is 9.59 Å². The molecule has 1 amide bonds. The van der Waals surface area contributed by atoms with Crippen molar-refractivity contribution in [3.05, 3.63) is 34.3 Å². The van der Waals surface area contributed by atoms with E-state index in [0.717, 1.165) is 4.88 Å². The highest BCUT2D eigenvalue weighted by Crippen LogP contribution is 2.07. The average Bonchev–Trinajstić information content (AvgIpc) is 2.97. The summed E-state index contributed by atoms with van der Waals surface area (Å²) in [6.45, 7) is 0.567. The van der Waals surface area contributed by atoms with Crippen LogP contribution in [0.2, 0.25) is 0 Å². The summed E-state index contributed by atoms with van der Waals surface area (Å²) in [7, 11) is 0. The van der Waals surface area contributed by atoms with Crippen molar-refractivity contribution in [2.75, 3.05) is 0 Å². The van der Waals surface area contributed by atoms with Crippen LogP contribution in [-0.4, -0.2) is 27.2 Å². The van der Waals surface area contributed by atoms with E-state index in [1.165, 1.54) is 10.9 Å². The third kappa shape index (κ3) is 3.22. The summed E-state index contributed by atoms with van der Waals surface area (Å²) >= 11 is 1.58. The van der Waals surface area contributed by atoms with Crippen LogP contribution in [-0.2, 0) is 17.9 Å². The molecule has 0 aliphatic heterocycles. The van der Waals surface area contributed by atoms with Crippen molar-refractivity contribution in [2.45, 2.75) is 13.1 Å². The molecule has 0 aliphatic carbocycles. The minimum Gasteiger partial charge on any atom is -0.350 e. The van der Waals surface area contributed by atoms with Crippen LogP contribution in [0.5, 0.6) is 0 Å². The molecule has 88 valence electrons. The zero-order valence-electron chi connectivity index (χ0n) is 8.87. The standard InChI is InChI=1S/C10H10N4O2S/c15-7-8-5-14(13-12-8)6-10(16)11-4-9-2-1-3-17-9/h1-3,5,7H,4,6H2,(H,11,16). The smallest absolute Gasteiger partial charge is 0.242 e. The zero-order valence-corrected chi connectivity index (χ0v) is 9.68. The predicted octanol–water partition coefficient (Wildman–Crippen LogP) is 0.468. The number of nitrogens with one attached hydrogen (secondary N) is 1. The Bertz CT molecular complexity index is 506. The number of aromatic nitrogens is 3. The Morgan fingerprint density at radius 1 is 1.59 bits per heavy atom. The van der Waals surface area contributed by atoms with Crippen LogP contribution in [0.4, 0.5) is 0 Å². The summed E-state index contributed by atoms with van der Waals surface area (Å²) in [5.41, 5.74) is 0.219. The van der Waals surface area contributed by atoms with E-state index in [1.54, 1.807) is 11.3 Å². The minimum atomic E-state index is -0.166. The third-order valence-corrected chi connectivity index (χ3v) is 2.90. The number of carbonyl (C=O) groups excluding carboxylic acids is 2. The molecule has 2 rings (SSSR count). The lowest BCUT2D eigenvalue weighted by molar-refractivity contribution is -0.122. The van der Waals surface area contributed by atoms with Crippen molar-refractivity contribution in [1.29, 1.82) is 0 Å². The van der Waals surface area contributed by atoms with Crippen LogP contribution >= 0.6 is 11.3 Å². The van der Waals surface area contributed by atoms with Gasteiger partial charge in [-0.2, -0.15) is 0 Å². The molecule has 2 aromatic rings. The number of aldehydes is 1. The van der Waals surface area contributed by atoms with E-state index >= 15 is 0 Å². The first-order valence-corrected chi connectivity index (χ1v) is 5.80. The second kappa shape index (κ2) is 5.35. The Kier molecular flexibility index (Phi) is 3.61. The highest BCUT2D eigenvalue weighted by molar-refractivity contribution is 7.09. The van der Waals surface area contributed by atoms with Crippen molar-refractivity contribution in [3.8, 4) is 0 Å². The number of carbonyl (C=O) groups is 2. The Morgan fingerprint density at radius 2 is 2.47 bits per heavy atom. The topological polar surface area (TPSA) is 76.9 Å². The van der Waals surface area contributed by atoms with E-state index in [-0.39, 0.29) is 18.1 Å². The molecule has 0 unspecified atom stereocenters. The van der Waals surface area contributed by atoms with Gasteiger partial charge in [0, 0.05) is 4.88 Å². The summed E-state index contributed by atoms with van der Waals surface area (Å²) < 4.78 is 1.33. The molecule has 0 bridgehead atoms. The summed E-state index contributed by atoms with van der Waals surface area (Å²) in [6.07, 6.45) is 2.02. The van der Waals surface area contributed by atoms with Crippen molar-refractivity contribution >= 4 is 23.5 Å². The van der Waals surface area contributed by atoms with Crippen molar-refractivity contribution in [2.24, 2.45) is 0 Å². The van der Waals surface area contributed by atoms with Crippen molar-refractivity contribution in [3.63, 3.8) is 0 Å². The lowest BCUT2D eigenvalue weighted by Crippen LogP contribution is -2.27. The van der Waals surface area contributed by atoms with Gasteiger partial charge >= 0.3 is 0 Å².